The first kappa shape index (κ1) is 17.6. The monoisotopic (exact) mass is 337 g/mol. The summed E-state index contributed by atoms with van der Waals surface area (Å²) in [6.45, 7) is 2.09. The molecule has 25 heavy (non-hydrogen) atoms. The number of anilines is 1. The molecule has 1 aliphatic rings. The van der Waals surface area contributed by atoms with Gasteiger partial charge in [-0.05, 0) is 56.3 Å². The van der Waals surface area contributed by atoms with E-state index in [9.17, 15) is 4.79 Å². The third-order valence-corrected chi connectivity index (χ3v) is 5.03. The Kier molecular flexibility index (Phi) is 6.18. The van der Waals surface area contributed by atoms with Gasteiger partial charge in [-0.3, -0.25) is 9.78 Å². The SMILES string of the molecule is CN(Cc1ccccc1)C[C@H]1CC[C@H](C(=O)Nc2ccncc2)CC1. The minimum Gasteiger partial charge on any atom is -0.326 e. The number of rotatable bonds is 6. The highest BCUT2D eigenvalue weighted by Gasteiger charge is 2.26. The Hall–Kier alpha value is -2.20. The summed E-state index contributed by atoms with van der Waals surface area (Å²) >= 11 is 0. The zero-order valence-electron chi connectivity index (χ0n) is 14.9. The Balaban J connectivity index is 1.41. The van der Waals surface area contributed by atoms with Crippen molar-refractivity contribution in [3.05, 3.63) is 60.4 Å². The van der Waals surface area contributed by atoms with Gasteiger partial charge in [0.1, 0.15) is 0 Å². The van der Waals surface area contributed by atoms with Gasteiger partial charge in [0.05, 0.1) is 0 Å². The standard InChI is InChI=1S/C21H27N3O/c1-24(15-17-5-3-2-4-6-17)16-18-7-9-19(10-8-18)21(25)23-20-11-13-22-14-12-20/h2-6,11-14,18-19H,7-10,15-16H2,1H3,(H,22,23,25)/t18-,19-. The number of pyridine rings is 1. The number of aromatic nitrogens is 1. The van der Waals surface area contributed by atoms with Gasteiger partial charge in [-0.15, -0.1) is 0 Å². The number of amides is 1. The molecule has 1 heterocycles. The lowest BCUT2D eigenvalue weighted by molar-refractivity contribution is -0.121. The van der Waals surface area contributed by atoms with E-state index >= 15 is 0 Å². The summed E-state index contributed by atoms with van der Waals surface area (Å²) in [7, 11) is 2.19. The van der Waals surface area contributed by atoms with Gasteiger partial charge in [0.25, 0.3) is 0 Å². The summed E-state index contributed by atoms with van der Waals surface area (Å²) in [5.41, 5.74) is 2.19. The van der Waals surface area contributed by atoms with Crippen LogP contribution in [0.1, 0.15) is 31.2 Å². The van der Waals surface area contributed by atoms with Gasteiger partial charge in [-0.25, -0.2) is 0 Å². The molecule has 0 atom stereocenters. The minimum absolute atomic E-state index is 0.142. The van der Waals surface area contributed by atoms with Gasteiger partial charge < -0.3 is 10.2 Å². The van der Waals surface area contributed by atoms with Gasteiger partial charge in [0, 0.05) is 37.1 Å². The molecule has 1 fully saturated rings. The van der Waals surface area contributed by atoms with Gasteiger partial charge in [-0.2, -0.15) is 0 Å². The van der Waals surface area contributed by atoms with Crippen molar-refractivity contribution in [3.63, 3.8) is 0 Å². The zero-order valence-corrected chi connectivity index (χ0v) is 14.9. The fraction of sp³-hybridized carbons (Fsp3) is 0.429. The van der Waals surface area contributed by atoms with Gasteiger partial charge in [-0.1, -0.05) is 30.3 Å². The van der Waals surface area contributed by atoms with Crippen LogP contribution in [0, 0.1) is 11.8 Å². The molecule has 0 radical (unpaired) electrons. The van der Waals surface area contributed by atoms with Crippen LogP contribution in [0.15, 0.2) is 54.9 Å². The number of benzene rings is 1. The normalized spacial score (nSPS) is 20.4. The van der Waals surface area contributed by atoms with Crippen LogP contribution in [-0.2, 0) is 11.3 Å². The summed E-state index contributed by atoms with van der Waals surface area (Å²) in [6.07, 6.45) is 7.65. The minimum atomic E-state index is 0.142. The maximum Gasteiger partial charge on any atom is 0.227 e. The molecule has 2 aromatic rings. The fourth-order valence-electron chi connectivity index (χ4n) is 3.69. The first-order valence-corrected chi connectivity index (χ1v) is 9.14. The number of hydrogen-bond donors (Lipinski definition) is 1. The lowest BCUT2D eigenvalue weighted by Crippen LogP contribution is -2.32. The van der Waals surface area contributed by atoms with Crippen molar-refractivity contribution in [1.82, 2.24) is 9.88 Å². The number of carbonyl (C=O) groups excluding carboxylic acids is 1. The van der Waals surface area contributed by atoms with Crippen LogP contribution in [0.25, 0.3) is 0 Å². The molecule has 0 bridgehead atoms. The van der Waals surface area contributed by atoms with Crippen LogP contribution in [0.3, 0.4) is 0 Å². The lowest BCUT2D eigenvalue weighted by atomic mass is 9.81. The molecular weight excluding hydrogens is 310 g/mol. The molecule has 1 aromatic carbocycles. The average Bonchev–Trinajstić information content (AvgIpc) is 2.64. The maximum atomic E-state index is 12.4. The second-order valence-electron chi connectivity index (χ2n) is 7.13. The molecule has 0 spiro atoms. The average molecular weight is 337 g/mol. The molecule has 0 unspecified atom stereocenters. The molecule has 4 nitrogen and oxygen atoms in total. The van der Waals surface area contributed by atoms with Crippen molar-refractivity contribution in [3.8, 4) is 0 Å². The van der Waals surface area contributed by atoms with Gasteiger partial charge in [0.2, 0.25) is 5.91 Å². The van der Waals surface area contributed by atoms with Crippen molar-refractivity contribution < 1.29 is 4.79 Å². The van der Waals surface area contributed by atoms with Crippen molar-refractivity contribution in [2.75, 3.05) is 18.9 Å². The highest BCUT2D eigenvalue weighted by atomic mass is 16.1. The topological polar surface area (TPSA) is 45.2 Å². The van der Waals surface area contributed by atoms with E-state index < -0.39 is 0 Å². The molecule has 0 aliphatic heterocycles. The quantitative estimate of drug-likeness (QED) is 0.868. The van der Waals surface area contributed by atoms with Crippen molar-refractivity contribution in [2.45, 2.75) is 32.2 Å². The Morgan fingerprint density at radius 2 is 1.76 bits per heavy atom. The van der Waals surface area contributed by atoms with Gasteiger partial charge >= 0.3 is 0 Å². The van der Waals surface area contributed by atoms with Crippen molar-refractivity contribution >= 4 is 11.6 Å². The molecule has 1 aromatic heterocycles. The van der Waals surface area contributed by atoms with Crippen molar-refractivity contribution in [1.29, 1.82) is 0 Å². The Bertz CT molecular complexity index is 651. The van der Waals surface area contributed by atoms with E-state index in [0.717, 1.165) is 44.5 Å². The van der Waals surface area contributed by atoms with Crippen molar-refractivity contribution in [2.24, 2.45) is 11.8 Å². The molecule has 0 saturated heterocycles. The van der Waals surface area contributed by atoms with E-state index in [2.05, 4.69) is 52.6 Å². The van der Waals surface area contributed by atoms with Crippen LogP contribution in [-0.4, -0.2) is 29.4 Å². The van der Waals surface area contributed by atoms with E-state index in [1.54, 1.807) is 12.4 Å². The molecule has 1 saturated carbocycles. The Morgan fingerprint density at radius 3 is 2.44 bits per heavy atom. The second-order valence-corrected chi connectivity index (χ2v) is 7.13. The number of nitrogens with one attached hydrogen (secondary N) is 1. The first-order valence-electron chi connectivity index (χ1n) is 9.14. The maximum absolute atomic E-state index is 12.4. The van der Waals surface area contributed by atoms with E-state index in [1.165, 1.54) is 5.56 Å². The Labute approximate surface area is 150 Å². The predicted octanol–water partition coefficient (Wildman–Crippen LogP) is 3.96. The molecule has 1 aliphatic carbocycles. The van der Waals surface area contributed by atoms with Gasteiger partial charge in [0.15, 0.2) is 0 Å². The summed E-state index contributed by atoms with van der Waals surface area (Å²) < 4.78 is 0. The molecule has 1 N–H and O–H groups in total. The number of carbonyl (C=O) groups is 1. The van der Waals surface area contributed by atoms with E-state index in [0.29, 0.717) is 5.92 Å². The predicted molar refractivity (Wildman–Crippen MR) is 101 cm³/mol. The summed E-state index contributed by atoms with van der Waals surface area (Å²) in [5.74, 6) is 0.991. The second kappa shape index (κ2) is 8.77. The highest BCUT2D eigenvalue weighted by Crippen LogP contribution is 2.30. The molecule has 132 valence electrons. The van der Waals surface area contributed by atoms with Crippen LogP contribution < -0.4 is 5.32 Å². The summed E-state index contributed by atoms with van der Waals surface area (Å²) in [6, 6.07) is 14.3. The molecule has 4 heteroatoms. The van der Waals surface area contributed by atoms with Crippen LogP contribution >= 0.6 is 0 Å². The molecule has 1 amide bonds. The third kappa shape index (κ3) is 5.40. The lowest BCUT2D eigenvalue weighted by Gasteiger charge is -2.30. The first-order chi connectivity index (χ1) is 12.2. The Morgan fingerprint density at radius 1 is 1.08 bits per heavy atom. The number of nitrogens with zero attached hydrogens (tertiary/aromatic N) is 2. The fourth-order valence-corrected chi connectivity index (χ4v) is 3.69. The zero-order chi connectivity index (χ0) is 17.5. The van der Waals surface area contributed by atoms with Crippen LogP contribution in [0.5, 0.6) is 0 Å². The van der Waals surface area contributed by atoms with Crippen LogP contribution in [0.4, 0.5) is 5.69 Å². The largest absolute Gasteiger partial charge is 0.326 e. The van der Waals surface area contributed by atoms with E-state index in [1.807, 2.05) is 12.1 Å². The number of hydrogen-bond acceptors (Lipinski definition) is 3. The summed E-state index contributed by atoms with van der Waals surface area (Å²) in [4.78, 5) is 18.8. The molecule has 3 rings (SSSR count). The van der Waals surface area contributed by atoms with E-state index in [4.69, 9.17) is 0 Å². The van der Waals surface area contributed by atoms with E-state index in [-0.39, 0.29) is 11.8 Å². The summed E-state index contributed by atoms with van der Waals surface area (Å²) in [5, 5.41) is 3.01. The molecular formula is C21H27N3O. The third-order valence-electron chi connectivity index (χ3n) is 5.03. The highest BCUT2D eigenvalue weighted by molar-refractivity contribution is 5.92. The van der Waals surface area contributed by atoms with Crippen LogP contribution in [0.2, 0.25) is 0 Å². The smallest absolute Gasteiger partial charge is 0.227 e.